The third-order valence-corrected chi connectivity index (χ3v) is 1.15. The molecule has 0 bridgehead atoms. The van der Waals surface area contributed by atoms with Crippen molar-refractivity contribution in [2.45, 2.75) is 12.8 Å². The van der Waals surface area contributed by atoms with Gasteiger partial charge in [0.2, 0.25) is 0 Å². The van der Waals surface area contributed by atoms with Crippen LogP contribution in [0, 0.1) is 0 Å². The number of carbonyl (C=O) groups excluding carboxylic acids is 1. The lowest BCUT2D eigenvalue weighted by Gasteiger charge is -1.99. The summed E-state index contributed by atoms with van der Waals surface area (Å²) in [6.07, 6.45) is 1.75. The molecule has 2 amide bonds. The van der Waals surface area contributed by atoms with Gasteiger partial charge in [-0.2, -0.15) is 0 Å². The van der Waals surface area contributed by atoms with Crippen molar-refractivity contribution in [2.24, 2.45) is 22.2 Å². The van der Waals surface area contributed by atoms with E-state index in [1.165, 1.54) is 0 Å². The Morgan fingerprint density at radius 1 is 1.33 bits per heavy atom. The van der Waals surface area contributed by atoms with E-state index in [1.54, 1.807) is 0 Å². The number of hydrogen-bond donors (Lipinski definition) is 4. The Hall–Kier alpha value is -1.30. The Kier molecular flexibility index (Phi) is 5.72. The van der Waals surface area contributed by atoms with Crippen molar-refractivity contribution in [3.05, 3.63) is 0 Å². The van der Waals surface area contributed by atoms with Crippen LogP contribution in [0.4, 0.5) is 4.79 Å². The van der Waals surface area contributed by atoms with Crippen LogP contribution in [0.5, 0.6) is 0 Å². The third-order valence-electron chi connectivity index (χ3n) is 1.15. The molecule has 0 aliphatic carbocycles. The lowest BCUT2D eigenvalue weighted by atomic mass is 10.3. The Balaban J connectivity index is 3.48. The number of carbonyl (C=O) groups is 1. The van der Waals surface area contributed by atoms with Gasteiger partial charge in [0.25, 0.3) is 0 Å². The number of rotatable bonds is 4. The Morgan fingerprint density at radius 2 is 2.00 bits per heavy atom. The summed E-state index contributed by atoms with van der Waals surface area (Å²) in [5.74, 6) is 0.0551. The summed E-state index contributed by atoms with van der Waals surface area (Å²) in [6, 6.07) is -0.699. The van der Waals surface area contributed by atoms with Crippen LogP contribution in [-0.4, -0.2) is 25.1 Å². The van der Waals surface area contributed by atoms with E-state index in [0.29, 0.717) is 13.1 Å². The van der Waals surface area contributed by atoms with E-state index in [9.17, 15) is 4.79 Å². The maximum Gasteiger partial charge on any atom is 0.318 e. The summed E-state index contributed by atoms with van der Waals surface area (Å²) in [4.78, 5) is 14.1. The summed E-state index contributed by atoms with van der Waals surface area (Å²) in [7, 11) is 0. The highest BCUT2D eigenvalue weighted by molar-refractivity contribution is 5.94. The summed E-state index contributed by atoms with van der Waals surface area (Å²) in [5.41, 5.74) is 15.3. The molecule has 0 aromatic rings. The monoisotopic (exact) mass is 173 g/mol. The summed E-state index contributed by atoms with van der Waals surface area (Å²) in [6.45, 7) is 1.20. The molecule has 0 fully saturated rings. The molecule has 0 atom stereocenters. The summed E-state index contributed by atoms with van der Waals surface area (Å²) >= 11 is 0. The molecule has 0 saturated heterocycles. The Labute approximate surface area is 71.2 Å². The highest BCUT2D eigenvalue weighted by atomic mass is 16.2. The predicted molar refractivity (Wildman–Crippen MR) is 47.5 cm³/mol. The number of unbranched alkanes of at least 4 members (excludes halogenated alkanes) is 1. The molecule has 12 heavy (non-hydrogen) atoms. The van der Waals surface area contributed by atoms with Crippen LogP contribution in [0.2, 0.25) is 0 Å². The molecule has 6 heteroatoms. The predicted octanol–water partition coefficient (Wildman–Crippen LogP) is -1.29. The molecule has 0 radical (unpaired) electrons. The van der Waals surface area contributed by atoms with Crippen LogP contribution >= 0.6 is 0 Å². The van der Waals surface area contributed by atoms with E-state index in [0.717, 1.165) is 12.8 Å². The van der Waals surface area contributed by atoms with Gasteiger partial charge in [-0.15, -0.1) is 0 Å². The fourth-order valence-corrected chi connectivity index (χ4v) is 0.621. The standard InChI is InChI=1S/C6H15N5O/c7-3-1-2-4-10-5(8)11-6(9)12/h1-4,7H2,(H5,8,9,10,11,12). The number of aliphatic imine (C=N–C) groups is 1. The van der Waals surface area contributed by atoms with Gasteiger partial charge < -0.3 is 17.2 Å². The fourth-order valence-electron chi connectivity index (χ4n) is 0.621. The number of primary amides is 1. The molecule has 0 heterocycles. The second-order valence-electron chi connectivity index (χ2n) is 2.25. The third kappa shape index (κ3) is 6.81. The first-order chi connectivity index (χ1) is 5.66. The van der Waals surface area contributed by atoms with E-state index in [1.807, 2.05) is 0 Å². The highest BCUT2D eigenvalue weighted by Gasteiger charge is 1.93. The molecular weight excluding hydrogens is 158 g/mol. The average Bonchev–Trinajstić information content (AvgIpc) is 1.97. The van der Waals surface area contributed by atoms with Gasteiger partial charge in [-0.25, -0.2) is 4.79 Å². The zero-order valence-electron chi connectivity index (χ0n) is 6.92. The topological polar surface area (TPSA) is 120 Å². The average molecular weight is 173 g/mol. The number of urea groups is 1. The number of hydrogen-bond acceptors (Lipinski definition) is 3. The maximum absolute atomic E-state index is 10.2. The van der Waals surface area contributed by atoms with Crippen molar-refractivity contribution in [1.29, 1.82) is 0 Å². The molecule has 0 spiro atoms. The van der Waals surface area contributed by atoms with E-state index >= 15 is 0 Å². The van der Waals surface area contributed by atoms with Crippen LogP contribution in [0.15, 0.2) is 4.99 Å². The first-order valence-corrected chi connectivity index (χ1v) is 3.73. The number of nitrogens with one attached hydrogen (secondary N) is 1. The first kappa shape index (κ1) is 10.7. The number of amides is 2. The Bertz CT molecular complexity index is 167. The van der Waals surface area contributed by atoms with Crippen molar-refractivity contribution in [2.75, 3.05) is 13.1 Å². The second kappa shape index (κ2) is 6.41. The van der Waals surface area contributed by atoms with E-state index in [4.69, 9.17) is 17.2 Å². The normalized spacial score (nSPS) is 11.2. The van der Waals surface area contributed by atoms with Crippen LogP contribution in [0.3, 0.4) is 0 Å². The minimum atomic E-state index is -0.699. The van der Waals surface area contributed by atoms with Crippen LogP contribution in [0.25, 0.3) is 0 Å². The van der Waals surface area contributed by atoms with Gasteiger partial charge in [-0.05, 0) is 19.4 Å². The van der Waals surface area contributed by atoms with Gasteiger partial charge in [0.1, 0.15) is 0 Å². The van der Waals surface area contributed by atoms with Crippen molar-refractivity contribution < 1.29 is 4.79 Å². The summed E-state index contributed by atoms with van der Waals surface area (Å²) in [5, 5.41) is 2.16. The van der Waals surface area contributed by atoms with Gasteiger partial charge in [0.15, 0.2) is 5.96 Å². The maximum atomic E-state index is 10.2. The number of nitrogens with zero attached hydrogens (tertiary/aromatic N) is 1. The molecule has 7 N–H and O–H groups in total. The van der Waals surface area contributed by atoms with Gasteiger partial charge >= 0.3 is 6.03 Å². The lowest BCUT2D eigenvalue weighted by Crippen LogP contribution is -2.40. The van der Waals surface area contributed by atoms with Gasteiger partial charge in [0.05, 0.1) is 0 Å². The molecular formula is C6H15N5O. The molecule has 0 aromatic heterocycles. The van der Waals surface area contributed by atoms with E-state index in [2.05, 4.69) is 10.3 Å². The quantitative estimate of drug-likeness (QED) is 0.240. The minimum Gasteiger partial charge on any atom is -0.370 e. The molecule has 0 aliphatic heterocycles. The molecule has 0 aromatic carbocycles. The molecule has 0 unspecified atom stereocenters. The SMILES string of the molecule is NCCCCN=C(N)NC(N)=O. The first-order valence-electron chi connectivity index (χ1n) is 3.73. The number of guanidine groups is 1. The van der Waals surface area contributed by atoms with Crippen LogP contribution in [0.1, 0.15) is 12.8 Å². The van der Waals surface area contributed by atoms with Crippen molar-refractivity contribution >= 4 is 12.0 Å². The molecule has 0 aliphatic rings. The second-order valence-corrected chi connectivity index (χ2v) is 2.25. The molecule has 0 saturated carbocycles. The van der Waals surface area contributed by atoms with E-state index < -0.39 is 6.03 Å². The Morgan fingerprint density at radius 3 is 2.50 bits per heavy atom. The van der Waals surface area contributed by atoms with Crippen molar-refractivity contribution in [3.63, 3.8) is 0 Å². The largest absolute Gasteiger partial charge is 0.370 e. The van der Waals surface area contributed by atoms with Gasteiger partial charge in [0, 0.05) is 6.54 Å². The zero-order chi connectivity index (χ0) is 9.40. The number of nitrogens with two attached hydrogens (primary N) is 3. The fraction of sp³-hybridized carbons (Fsp3) is 0.667. The zero-order valence-corrected chi connectivity index (χ0v) is 6.92. The molecule has 6 nitrogen and oxygen atoms in total. The molecule has 0 rings (SSSR count). The van der Waals surface area contributed by atoms with Crippen LogP contribution < -0.4 is 22.5 Å². The van der Waals surface area contributed by atoms with Crippen molar-refractivity contribution in [1.82, 2.24) is 5.32 Å². The van der Waals surface area contributed by atoms with Gasteiger partial charge in [-0.1, -0.05) is 0 Å². The smallest absolute Gasteiger partial charge is 0.318 e. The van der Waals surface area contributed by atoms with Gasteiger partial charge in [-0.3, -0.25) is 10.3 Å². The van der Waals surface area contributed by atoms with E-state index in [-0.39, 0.29) is 5.96 Å². The minimum absolute atomic E-state index is 0.0551. The summed E-state index contributed by atoms with van der Waals surface area (Å²) < 4.78 is 0. The highest BCUT2D eigenvalue weighted by Crippen LogP contribution is 1.85. The van der Waals surface area contributed by atoms with Crippen LogP contribution in [-0.2, 0) is 0 Å². The van der Waals surface area contributed by atoms with Crippen molar-refractivity contribution in [3.8, 4) is 0 Å². The molecule has 70 valence electrons. The lowest BCUT2D eigenvalue weighted by molar-refractivity contribution is 0.253.